The molecule has 0 rings (SSSR count). The molecule has 0 aromatic rings. The predicted octanol–water partition coefficient (Wildman–Crippen LogP) is 8.81. The molecule has 0 aliphatic rings. The van der Waals surface area contributed by atoms with Crippen molar-refractivity contribution in [3.63, 3.8) is 0 Å². The first-order valence-electron chi connectivity index (χ1n) is 15.5. The quantitative estimate of drug-likeness (QED) is 0.0796. The maximum atomic E-state index is 12.4. The van der Waals surface area contributed by atoms with E-state index in [-0.39, 0.29) is 5.97 Å². The van der Waals surface area contributed by atoms with Crippen molar-refractivity contribution in [3.8, 4) is 0 Å². The van der Waals surface area contributed by atoms with Gasteiger partial charge in [0, 0.05) is 19.8 Å². The number of carbonyl (C=O) groups excluding carboxylic acids is 1. The third-order valence-electron chi connectivity index (χ3n) is 6.86. The number of hydrazine groups is 1. The van der Waals surface area contributed by atoms with Gasteiger partial charge in [-0.1, -0.05) is 129 Å². The van der Waals surface area contributed by atoms with Gasteiger partial charge >= 0.3 is 5.97 Å². The Morgan fingerprint density at radius 1 is 0.600 bits per heavy atom. The van der Waals surface area contributed by atoms with E-state index < -0.39 is 0 Å². The standard InChI is InChI=1S/C30H62N2O3/c1-4-7-10-13-15-18-23-29(24-19-16-14-11-8-5-2)28-30(33)35-32-31-25-20-22-27-34-26-21-17-12-9-6-3/h29,31-32H,4-28H2,1-3H3. The minimum atomic E-state index is -0.133. The van der Waals surface area contributed by atoms with Crippen LogP contribution in [0.1, 0.15) is 162 Å². The number of rotatable bonds is 29. The molecule has 5 nitrogen and oxygen atoms in total. The molecule has 0 amide bonds. The first kappa shape index (κ1) is 34.4. The lowest BCUT2D eigenvalue weighted by atomic mass is 9.91. The van der Waals surface area contributed by atoms with Gasteiger partial charge in [-0.05, 0) is 38.0 Å². The summed E-state index contributed by atoms with van der Waals surface area (Å²) in [4.78, 5) is 17.6. The van der Waals surface area contributed by atoms with Crippen LogP contribution in [0.15, 0.2) is 0 Å². The number of hydrogen-bond acceptors (Lipinski definition) is 5. The Labute approximate surface area is 219 Å². The van der Waals surface area contributed by atoms with E-state index in [2.05, 4.69) is 31.8 Å². The molecule has 0 saturated carbocycles. The highest BCUT2D eigenvalue weighted by Crippen LogP contribution is 2.22. The Balaban J connectivity index is 3.83. The summed E-state index contributed by atoms with van der Waals surface area (Å²) >= 11 is 0. The molecule has 5 heteroatoms. The summed E-state index contributed by atoms with van der Waals surface area (Å²) < 4.78 is 5.69. The van der Waals surface area contributed by atoms with Gasteiger partial charge in [0.2, 0.25) is 0 Å². The number of hydrogen-bond donors (Lipinski definition) is 2. The summed E-state index contributed by atoms with van der Waals surface area (Å²) in [7, 11) is 0. The zero-order chi connectivity index (χ0) is 25.7. The van der Waals surface area contributed by atoms with Crippen molar-refractivity contribution in [1.29, 1.82) is 0 Å². The molecule has 2 N–H and O–H groups in total. The van der Waals surface area contributed by atoms with Gasteiger partial charge in [-0.25, -0.2) is 5.43 Å². The van der Waals surface area contributed by atoms with Gasteiger partial charge < -0.3 is 9.57 Å². The average molecular weight is 499 g/mol. The molecule has 0 aromatic carbocycles. The molecule has 0 spiro atoms. The third-order valence-corrected chi connectivity index (χ3v) is 6.86. The largest absolute Gasteiger partial charge is 0.381 e. The van der Waals surface area contributed by atoms with Crippen molar-refractivity contribution in [2.24, 2.45) is 5.92 Å². The molecular formula is C30H62N2O3. The molecule has 0 saturated heterocycles. The second kappa shape index (κ2) is 29.6. The number of carbonyl (C=O) groups is 1. The van der Waals surface area contributed by atoms with E-state index in [1.807, 2.05) is 0 Å². The number of ether oxygens (including phenoxy) is 1. The van der Waals surface area contributed by atoms with E-state index in [0.717, 1.165) is 45.4 Å². The van der Waals surface area contributed by atoms with E-state index in [9.17, 15) is 4.79 Å². The molecule has 0 unspecified atom stereocenters. The highest BCUT2D eigenvalue weighted by Gasteiger charge is 2.15. The van der Waals surface area contributed by atoms with Gasteiger partial charge in [0.05, 0.1) is 6.42 Å². The smallest absolute Gasteiger partial charge is 0.326 e. The van der Waals surface area contributed by atoms with Crippen LogP contribution in [0.2, 0.25) is 0 Å². The minimum absolute atomic E-state index is 0.133. The molecule has 0 bridgehead atoms. The fraction of sp³-hybridized carbons (Fsp3) is 0.967. The van der Waals surface area contributed by atoms with Gasteiger partial charge in [-0.15, -0.1) is 0 Å². The van der Waals surface area contributed by atoms with Crippen LogP contribution in [0.4, 0.5) is 0 Å². The molecule has 0 atom stereocenters. The van der Waals surface area contributed by atoms with Crippen molar-refractivity contribution in [2.75, 3.05) is 19.8 Å². The Morgan fingerprint density at radius 3 is 1.60 bits per heavy atom. The second-order valence-electron chi connectivity index (χ2n) is 10.4. The van der Waals surface area contributed by atoms with Crippen LogP contribution in [-0.2, 0) is 14.4 Å². The monoisotopic (exact) mass is 498 g/mol. The van der Waals surface area contributed by atoms with Gasteiger partial charge in [0.25, 0.3) is 0 Å². The topological polar surface area (TPSA) is 59.6 Å². The summed E-state index contributed by atoms with van der Waals surface area (Å²) in [5.74, 6) is 0.326. The van der Waals surface area contributed by atoms with E-state index in [1.165, 1.54) is 109 Å². The molecule has 0 aliphatic heterocycles. The van der Waals surface area contributed by atoms with E-state index in [4.69, 9.17) is 9.57 Å². The fourth-order valence-electron chi connectivity index (χ4n) is 4.52. The second-order valence-corrected chi connectivity index (χ2v) is 10.4. The van der Waals surface area contributed by atoms with Gasteiger partial charge in [0.15, 0.2) is 0 Å². The molecule has 0 heterocycles. The van der Waals surface area contributed by atoms with Crippen LogP contribution in [0.25, 0.3) is 0 Å². The molecule has 210 valence electrons. The first-order chi connectivity index (χ1) is 17.2. The van der Waals surface area contributed by atoms with Gasteiger partial charge in [0.1, 0.15) is 0 Å². The number of nitrogens with one attached hydrogen (secondary N) is 2. The molecule has 0 aromatic heterocycles. The van der Waals surface area contributed by atoms with Crippen LogP contribution >= 0.6 is 0 Å². The minimum Gasteiger partial charge on any atom is -0.381 e. The zero-order valence-electron chi connectivity index (χ0n) is 24.0. The average Bonchev–Trinajstić information content (AvgIpc) is 2.86. The maximum Gasteiger partial charge on any atom is 0.326 e. The highest BCUT2D eigenvalue weighted by atomic mass is 16.7. The third kappa shape index (κ3) is 27.8. The Morgan fingerprint density at radius 2 is 1.06 bits per heavy atom. The maximum absolute atomic E-state index is 12.4. The summed E-state index contributed by atoms with van der Waals surface area (Å²) in [5, 5.41) is 0. The highest BCUT2D eigenvalue weighted by molar-refractivity contribution is 5.69. The summed E-state index contributed by atoms with van der Waals surface area (Å²) in [6, 6.07) is 0. The Bertz CT molecular complexity index is 404. The molecule has 0 radical (unpaired) electrons. The molecule has 0 aliphatic carbocycles. The fourth-order valence-corrected chi connectivity index (χ4v) is 4.52. The Hall–Kier alpha value is -0.650. The van der Waals surface area contributed by atoms with Crippen LogP contribution in [-0.4, -0.2) is 25.7 Å². The van der Waals surface area contributed by atoms with Crippen LogP contribution < -0.4 is 11.0 Å². The van der Waals surface area contributed by atoms with Crippen LogP contribution in [0.3, 0.4) is 0 Å². The predicted molar refractivity (Wildman–Crippen MR) is 150 cm³/mol. The van der Waals surface area contributed by atoms with Crippen molar-refractivity contribution < 1.29 is 14.4 Å². The number of unbranched alkanes of at least 4 members (excludes halogenated alkanes) is 15. The van der Waals surface area contributed by atoms with Crippen molar-refractivity contribution in [1.82, 2.24) is 11.0 Å². The van der Waals surface area contributed by atoms with Gasteiger partial charge in [-0.2, -0.15) is 0 Å². The SMILES string of the molecule is CCCCCCCCC(CCCCCCCC)CC(=O)ONNCCCCOCCCCCCC. The van der Waals surface area contributed by atoms with E-state index >= 15 is 0 Å². The van der Waals surface area contributed by atoms with Crippen molar-refractivity contribution >= 4 is 5.97 Å². The molecule has 35 heavy (non-hydrogen) atoms. The first-order valence-corrected chi connectivity index (χ1v) is 15.5. The zero-order valence-corrected chi connectivity index (χ0v) is 24.0. The van der Waals surface area contributed by atoms with Crippen molar-refractivity contribution in [2.45, 2.75) is 162 Å². The van der Waals surface area contributed by atoms with E-state index in [0.29, 0.717) is 12.3 Å². The lowest BCUT2D eigenvalue weighted by Gasteiger charge is -2.16. The van der Waals surface area contributed by atoms with Crippen LogP contribution in [0, 0.1) is 5.92 Å². The lowest BCUT2D eigenvalue weighted by Crippen LogP contribution is -2.35. The summed E-state index contributed by atoms with van der Waals surface area (Å²) in [6.45, 7) is 9.23. The molecule has 0 fully saturated rings. The summed E-state index contributed by atoms with van der Waals surface area (Å²) in [5.41, 5.74) is 5.67. The normalized spacial score (nSPS) is 11.4. The Kier molecular flexibility index (Phi) is 29.0. The lowest BCUT2D eigenvalue weighted by molar-refractivity contribution is -0.155. The van der Waals surface area contributed by atoms with E-state index in [1.54, 1.807) is 0 Å². The van der Waals surface area contributed by atoms with Gasteiger partial charge in [-0.3, -0.25) is 4.79 Å². The van der Waals surface area contributed by atoms with Crippen molar-refractivity contribution in [3.05, 3.63) is 0 Å². The summed E-state index contributed by atoms with van der Waals surface area (Å²) in [6.07, 6.45) is 27.0. The molecular weight excluding hydrogens is 436 g/mol. The van der Waals surface area contributed by atoms with Crippen LogP contribution in [0.5, 0.6) is 0 Å².